The molecule has 1 aromatic rings. The van der Waals surface area contributed by atoms with Crippen molar-refractivity contribution in [2.75, 3.05) is 13.7 Å². The van der Waals surface area contributed by atoms with Crippen molar-refractivity contribution in [3.8, 4) is 5.75 Å². The van der Waals surface area contributed by atoms with Crippen LogP contribution < -0.4 is 10.1 Å². The molecular formula is C16H25NO2. The molecule has 2 unspecified atom stereocenters. The third-order valence-corrected chi connectivity index (χ3v) is 3.63. The lowest BCUT2D eigenvalue weighted by molar-refractivity contribution is -0.00471. The van der Waals surface area contributed by atoms with Gasteiger partial charge in [0.2, 0.25) is 0 Å². The van der Waals surface area contributed by atoms with E-state index in [0.717, 1.165) is 18.7 Å². The Labute approximate surface area is 116 Å². The number of benzene rings is 1. The fraction of sp³-hybridized carbons (Fsp3) is 0.625. The van der Waals surface area contributed by atoms with Crippen LogP contribution in [0.25, 0.3) is 0 Å². The number of methoxy groups -OCH3 is 1. The second-order valence-electron chi connectivity index (χ2n) is 5.30. The first-order chi connectivity index (χ1) is 9.22. The van der Waals surface area contributed by atoms with E-state index in [0.29, 0.717) is 6.04 Å². The van der Waals surface area contributed by atoms with Gasteiger partial charge in [-0.2, -0.15) is 0 Å². The minimum absolute atomic E-state index is 0.126. The summed E-state index contributed by atoms with van der Waals surface area (Å²) in [6.07, 6.45) is 4.06. The molecule has 1 fully saturated rings. The van der Waals surface area contributed by atoms with Gasteiger partial charge in [-0.05, 0) is 43.9 Å². The summed E-state index contributed by atoms with van der Waals surface area (Å²) in [5, 5.41) is 3.56. The van der Waals surface area contributed by atoms with Crippen LogP contribution in [-0.4, -0.2) is 25.8 Å². The molecule has 1 aliphatic rings. The zero-order chi connectivity index (χ0) is 13.7. The Balaban J connectivity index is 1.99. The van der Waals surface area contributed by atoms with Crippen molar-refractivity contribution in [1.29, 1.82) is 0 Å². The SMILES string of the molecule is CCC(C)OC(CNC1CC1)c1ccc(OC)cc1. The van der Waals surface area contributed by atoms with Crippen LogP contribution >= 0.6 is 0 Å². The molecule has 19 heavy (non-hydrogen) atoms. The lowest BCUT2D eigenvalue weighted by Gasteiger charge is -2.23. The molecule has 0 spiro atoms. The van der Waals surface area contributed by atoms with Crippen LogP contribution in [0.1, 0.15) is 44.8 Å². The maximum Gasteiger partial charge on any atom is 0.118 e. The highest BCUT2D eigenvalue weighted by Crippen LogP contribution is 2.25. The van der Waals surface area contributed by atoms with Crippen LogP contribution in [0.3, 0.4) is 0 Å². The maximum atomic E-state index is 6.13. The van der Waals surface area contributed by atoms with Crippen LogP contribution in [0.5, 0.6) is 5.75 Å². The van der Waals surface area contributed by atoms with Gasteiger partial charge in [-0.1, -0.05) is 19.1 Å². The number of ether oxygens (including phenoxy) is 2. The predicted molar refractivity (Wildman–Crippen MR) is 77.6 cm³/mol. The van der Waals surface area contributed by atoms with E-state index in [1.807, 2.05) is 12.1 Å². The Hall–Kier alpha value is -1.06. The fourth-order valence-corrected chi connectivity index (χ4v) is 2.00. The second-order valence-corrected chi connectivity index (χ2v) is 5.30. The molecule has 0 saturated heterocycles. The van der Waals surface area contributed by atoms with Crippen molar-refractivity contribution in [3.05, 3.63) is 29.8 Å². The Kier molecular flexibility index (Phi) is 5.23. The summed E-state index contributed by atoms with van der Waals surface area (Å²) in [4.78, 5) is 0. The molecule has 0 aromatic heterocycles. The summed E-state index contributed by atoms with van der Waals surface area (Å²) in [6.45, 7) is 5.18. The molecule has 1 saturated carbocycles. The molecular weight excluding hydrogens is 238 g/mol. The van der Waals surface area contributed by atoms with Crippen molar-refractivity contribution in [2.24, 2.45) is 0 Å². The van der Waals surface area contributed by atoms with E-state index in [-0.39, 0.29) is 12.2 Å². The van der Waals surface area contributed by atoms with Crippen molar-refractivity contribution in [2.45, 2.75) is 51.4 Å². The molecule has 0 radical (unpaired) electrons. The average molecular weight is 263 g/mol. The summed E-state index contributed by atoms with van der Waals surface area (Å²) in [5.41, 5.74) is 1.22. The quantitative estimate of drug-likeness (QED) is 0.780. The molecule has 0 bridgehead atoms. The van der Waals surface area contributed by atoms with Crippen LogP contribution in [0.15, 0.2) is 24.3 Å². The minimum atomic E-state index is 0.126. The van der Waals surface area contributed by atoms with Gasteiger partial charge in [0.15, 0.2) is 0 Å². The first-order valence-corrected chi connectivity index (χ1v) is 7.25. The Morgan fingerprint density at radius 1 is 1.26 bits per heavy atom. The van der Waals surface area contributed by atoms with Crippen molar-refractivity contribution >= 4 is 0 Å². The number of rotatable bonds is 8. The molecule has 0 aliphatic heterocycles. The summed E-state index contributed by atoms with van der Waals surface area (Å²) in [7, 11) is 1.69. The van der Waals surface area contributed by atoms with Gasteiger partial charge >= 0.3 is 0 Å². The van der Waals surface area contributed by atoms with E-state index in [2.05, 4.69) is 31.3 Å². The molecule has 1 N–H and O–H groups in total. The monoisotopic (exact) mass is 263 g/mol. The standard InChI is InChI=1S/C16H25NO2/c1-4-12(2)19-16(11-17-14-7-8-14)13-5-9-15(18-3)10-6-13/h5-6,9-10,12,14,16-17H,4,7-8,11H2,1-3H3. The van der Waals surface area contributed by atoms with E-state index in [9.17, 15) is 0 Å². The van der Waals surface area contributed by atoms with Gasteiger partial charge in [-0.25, -0.2) is 0 Å². The molecule has 3 nitrogen and oxygen atoms in total. The minimum Gasteiger partial charge on any atom is -0.497 e. The number of nitrogens with one attached hydrogen (secondary N) is 1. The molecule has 0 heterocycles. The highest BCUT2D eigenvalue weighted by Gasteiger charge is 2.23. The van der Waals surface area contributed by atoms with Gasteiger partial charge in [0.1, 0.15) is 5.75 Å². The van der Waals surface area contributed by atoms with Crippen LogP contribution in [0.4, 0.5) is 0 Å². The predicted octanol–water partition coefficient (Wildman–Crippen LogP) is 3.30. The first-order valence-electron chi connectivity index (χ1n) is 7.25. The van der Waals surface area contributed by atoms with Gasteiger partial charge in [0.05, 0.1) is 19.3 Å². The maximum absolute atomic E-state index is 6.13. The number of hydrogen-bond donors (Lipinski definition) is 1. The summed E-state index contributed by atoms with van der Waals surface area (Å²) >= 11 is 0. The highest BCUT2D eigenvalue weighted by atomic mass is 16.5. The van der Waals surface area contributed by atoms with E-state index in [4.69, 9.17) is 9.47 Å². The summed E-state index contributed by atoms with van der Waals surface area (Å²) in [5.74, 6) is 0.890. The van der Waals surface area contributed by atoms with E-state index >= 15 is 0 Å². The van der Waals surface area contributed by atoms with Crippen LogP contribution in [0, 0.1) is 0 Å². The summed E-state index contributed by atoms with van der Waals surface area (Å²) in [6, 6.07) is 8.90. The van der Waals surface area contributed by atoms with Gasteiger partial charge in [-0.15, -0.1) is 0 Å². The third kappa shape index (κ3) is 4.51. The summed E-state index contributed by atoms with van der Waals surface area (Å²) < 4.78 is 11.3. The van der Waals surface area contributed by atoms with Gasteiger partial charge in [0.25, 0.3) is 0 Å². The number of hydrogen-bond acceptors (Lipinski definition) is 3. The Morgan fingerprint density at radius 2 is 1.95 bits per heavy atom. The van der Waals surface area contributed by atoms with E-state index in [1.165, 1.54) is 18.4 Å². The zero-order valence-corrected chi connectivity index (χ0v) is 12.2. The van der Waals surface area contributed by atoms with Gasteiger partial charge < -0.3 is 14.8 Å². The fourth-order valence-electron chi connectivity index (χ4n) is 2.00. The Bertz CT molecular complexity index is 373. The highest BCUT2D eigenvalue weighted by molar-refractivity contribution is 5.28. The lowest BCUT2D eigenvalue weighted by Crippen LogP contribution is -2.27. The normalized spacial score (nSPS) is 18.1. The largest absolute Gasteiger partial charge is 0.497 e. The first kappa shape index (κ1) is 14.4. The van der Waals surface area contributed by atoms with E-state index < -0.39 is 0 Å². The van der Waals surface area contributed by atoms with Gasteiger partial charge in [-0.3, -0.25) is 0 Å². The average Bonchev–Trinajstić information content (AvgIpc) is 3.27. The Morgan fingerprint density at radius 3 is 2.47 bits per heavy atom. The topological polar surface area (TPSA) is 30.5 Å². The molecule has 1 aliphatic carbocycles. The molecule has 2 atom stereocenters. The molecule has 106 valence electrons. The molecule has 3 heteroatoms. The zero-order valence-electron chi connectivity index (χ0n) is 12.2. The second kappa shape index (κ2) is 6.92. The van der Waals surface area contributed by atoms with Crippen LogP contribution in [0.2, 0.25) is 0 Å². The van der Waals surface area contributed by atoms with E-state index in [1.54, 1.807) is 7.11 Å². The van der Waals surface area contributed by atoms with Gasteiger partial charge in [0, 0.05) is 12.6 Å². The van der Waals surface area contributed by atoms with Crippen molar-refractivity contribution in [1.82, 2.24) is 5.32 Å². The third-order valence-electron chi connectivity index (χ3n) is 3.63. The smallest absolute Gasteiger partial charge is 0.118 e. The lowest BCUT2D eigenvalue weighted by atomic mass is 10.1. The molecule has 0 amide bonds. The van der Waals surface area contributed by atoms with Crippen molar-refractivity contribution in [3.63, 3.8) is 0 Å². The van der Waals surface area contributed by atoms with Crippen LogP contribution in [-0.2, 0) is 4.74 Å². The van der Waals surface area contributed by atoms with Crippen molar-refractivity contribution < 1.29 is 9.47 Å². The molecule has 1 aromatic carbocycles. The molecule has 2 rings (SSSR count).